The van der Waals surface area contributed by atoms with Crippen molar-refractivity contribution in [3.8, 4) is 5.75 Å². The summed E-state index contributed by atoms with van der Waals surface area (Å²) in [4.78, 5) is 2.20. The fraction of sp³-hybridized carbons (Fsp3) is 0.294. The van der Waals surface area contributed by atoms with Gasteiger partial charge in [-0.15, -0.1) is 0 Å². The van der Waals surface area contributed by atoms with Gasteiger partial charge in [0.1, 0.15) is 22.9 Å². The molecule has 0 spiro atoms. The van der Waals surface area contributed by atoms with Crippen LogP contribution in [-0.4, -0.2) is 12.1 Å². The average Bonchev–Trinajstić information content (AvgIpc) is 2.40. The van der Waals surface area contributed by atoms with Gasteiger partial charge in [0.2, 0.25) is 0 Å². The topological polar surface area (TPSA) is 38.5 Å². The van der Waals surface area contributed by atoms with E-state index in [-0.39, 0.29) is 11.4 Å². The molecule has 0 atom stereocenters. The van der Waals surface area contributed by atoms with Gasteiger partial charge in [0, 0.05) is 6.54 Å². The van der Waals surface area contributed by atoms with E-state index in [1.54, 1.807) is 12.1 Å². The molecule has 0 bridgehead atoms. The maximum Gasteiger partial charge on any atom is 0.145 e. The Morgan fingerprint density at radius 2 is 1.90 bits per heavy atom. The molecule has 21 heavy (non-hydrogen) atoms. The lowest BCUT2D eigenvalue weighted by Crippen LogP contribution is -2.46. The molecule has 0 unspecified atom stereocenters. The number of para-hydroxylation sites is 1. The summed E-state index contributed by atoms with van der Waals surface area (Å²) in [5, 5.41) is 0. The van der Waals surface area contributed by atoms with E-state index in [0.29, 0.717) is 12.2 Å². The van der Waals surface area contributed by atoms with E-state index in [0.717, 1.165) is 23.5 Å². The number of benzene rings is 2. The van der Waals surface area contributed by atoms with Crippen LogP contribution >= 0.6 is 0 Å². The van der Waals surface area contributed by atoms with Crippen LogP contribution in [0.1, 0.15) is 19.4 Å². The van der Waals surface area contributed by atoms with E-state index in [9.17, 15) is 4.39 Å². The molecule has 3 nitrogen and oxygen atoms in total. The molecule has 0 fully saturated rings. The van der Waals surface area contributed by atoms with Crippen LogP contribution < -0.4 is 15.4 Å². The second kappa shape index (κ2) is 4.95. The maximum atomic E-state index is 13.0. The molecular weight excluding hydrogens is 267 g/mol. The number of nitrogen functional groups attached to an aromatic ring is 1. The van der Waals surface area contributed by atoms with Crippen molar-refractivity contribution in [3.05, 3.63) is 53.8 Å². The van der Waals surface area contributed by atoms with Gasteiger partial charge in [-0.3, -0.25) is 0 Å². The molecular formula is C17H19FN2O. The lowest BCUT2D eigenvalue weighted by atomic mass is 10.0. The fourth-order valence-electron chi connectivity index (χ4n) is 2.77. The SMILES string of the molecule is CC1(C)CN(Cc2ccc(F)cc2)c2c(N)cccc2O1. The molecule has 110 valence electrons. The first-order valence-corrected chi connectivity index (χ1v) is 7.01. The largest absolute Gasteiger partial charge is 0.484 e. The lowest BCUT2D eigenvalue weighted by Gasteiger charge is -2.41. The predicted octanol–water partition coefficient (Wildman–Crippen LogP) is 3.59. The van der Waals surface area contributed by atoms with Crippen LogP contribution in [0.25, 0.3) is 0 Å². The normalized spacial score (nSPS) is 16.2. The Balaban J connectivity index is 1.96. The number of halogens is 1. The van der Waals surface area contributed by atoms with Crippen molar-refractivity contribution in [1.82, 2.24) is 0 Å². The van der Waals surface area contributed by atoms with Gasteiger partial charge in [-0.05, 0) is 43.7 Å². The van der Waals surface area contributed by atoms with Gasteiger partial charge in [0.05, 0.1) is 12.2 Å². The van der Waals surface area contributed by atoms with E-state index in [1.165, 1.54) is 12.1 Å². The van der Waals surface area contributed by atoms with E-state index >= 15 is 0 Å². The molecule has 2 aromatic carbocycles. The summed E-state index contributed by atoms with van der Waals surface area (Å²) in [6.07, 6.45) is 0. The van der Waals surface area contributed by atoms with Gasteiger partial charge >= 0.3 is 0 Å². The quantitative estimate of drug-likeness (QED) is 0.857. The Labute approximate surface area is 124 Å². The van der Waals surface area contributed by atoms with Gasteiger partial charge < -0.3 is 15.4 Å². The third-order valence-electron chi connectivity index (χ3n) is 3.59. The number of nitrogens with zero attached hydrogens (tertiary/aromatic N) is 1. The minimum Gasteiger partial charge on any atom is -0.484 e. The molecule has 4 heteroatoms. The van der Waals surface area contributed by atoms with Crippen molar-refractivity contribution in [2.45, 2.75) is 26.0 Å². The molecule has 0 radical (unpaired) electrons. The second-order valence-electron chi connectivity index (χ2n) is 6.04. The van der Waals surface area contributed by atoms with Crippen LogP contribution in [0.5, 0.6) is 5.75 Å². The molecule has 0 saturated heterocycles. The Bertz CT molecular complexity index is 652. The minimum atomic E-state index is -0.291. The second-order valence-corrected chi connectivity index (χ2v) is 6.04. The molecule has 1 heterocycles. The smallest absolute Gasteiger partial charge is 0.145 e. The number of ether oxygens (including phenoxy) is 1. The van der Waals surface area contributed by atoms with Gasteiger partial charge in [0.25, 0.3) is 0 Å². The summed E-state index contributed by atoms with van der Waals surface area (Å²) in [5.41, 5.74) is 8.49. The first-order valence-electron chi connectivity index (χ1n) is 7.01. The Hall–Kier alpha value is -2.23. The third kappa shape index (κ3) is 2.79. The number of hydrogen-bond donors (Lipinski definition) is 1. The van der Waals surface area contributed by atoms with Crippen LogP contribution in [0.3, 0.4) is 0 Å². The van der Waals surface area contributed by atoms with Crippen molar-refractivity contribution < 1.29 is 9.13 Å². The van der Waals surface area contributed by atoms with Crippen molar-refractivity contribution in [1.29, 1.82) is 0 Å². The molecule has 3 rings (SSSR count). The fourth-order valence-corrected chi connectivity index (χ4v) is 2.77. The van der Waals surface area contributed by atoms with Crippen LogP contribution in [0.15, 0.2) is 42.5 Å². The molecule has 2 N–H and O–H groups in total. The lowest BCUT2D eigenvalue weighted by molar-refractivity contribution is 0.105. The summed E-state index contributed by atoms with van der Waals surface area (Å²) in [6.45, 7) is 5.51. The van der Waals surface area contributed by atoms with Gasteiger partial charge in [-0.2, -0.15) is 0 Å². The van der Waals surface area contributed by atoms with Gasteiger partial charge in [0.15, 0.2) is 0 Å². The van der Waals surface area contributed by atoms with Crippen molar-refractivity contribution in [3.63, 3.8) is 0 Å². The maximum absolute atomic E-state index is 13.0. The van der Waals surface area contributed by atoms with Crippen molar-refractivity contribution >= 4 is 11.4 Å². The average molecular weight is 286 g/mol. The number of rotatable bonds is 2. The predicted molar refractivity (Wildman–Crippen MR) is 83.0 cm³/mol. The van der Waals surface area contributed by atoms with Crippen LogP contribution in [0.4, 0.5) is 15.8 Å². The number of hydrogen-bond acceptors (Lipinski definition) is 3. The Kier molecular flexibility index (Phi) is 3.24. The summed E-state index contributed by atoms with van der Waals surface area (Å²) in [7, 11) is 0. The zero-order chi connectivity index (χ0) is 15.0. The number of anilines is 2. The monoisotopic (exact) mass is 286 g/mol. The number of fused-ring (bicyclic) bond motifs is 1. The molecule has 0 amide bonds. The summed E-state index contributed by atoms with van der Waals surface area (Å²) < 4.78 is 19.0. The summed E-state index contributed by atoms with van der Waals surface area (Å²) >= 11 is 0. The molecule has 0 aliphatic carbocycles. The molecule has 0 saturated carbocycles. The van der Waals surface area contributed by atoms with Gasteiger partial charge in [-0.25, -0.2) is 4.39 Å². The Morgan fingerprint density at radius 1 is 1.19 bits per heavy atom. The summed E-state index contributed by atoms with van der Waals surface area (Å²) in [5.74, 6) is 0.578. The molecule has 1 aliphatic heterocycles. The van der Waals surface area contributed by atoms with E-state index in [1.807, 2.05) is 18.2 Å². The highest BCUT2D eigenvalue weighted by atomic mass is 19.1. The molecule has 1 aliphatic rings. The van der Waals surface area contributed by atoms with Crippen molar-refractivity contribution in [2.75, 3.05) is 17.2 Å². The van der Waals surface area contributed by atoms with E-state index < -0.39 is 0 Å². The van der Waals surface area contributed by atoms with Crippen LogP contribution in [0.2, 0.25) is 0 Å². The zero-order valence-corrected chi connectivity index (χ0v) is 12.3. The summed E-state index contributed by atoms with van der Waals surface area (Å²) in [6, 6.07) is 12.3. The highest BCUT2D eigenvalue weighted by Gasteiger charge is 2.32. The van der Waals surface area contributed by atoms with E-state index in [2.05, 4.69) is 18.7 Å². The zero-order valence-electron chi connectivity index (χ0n) is 12.3. The minimum absolute atomic E-state index is 0.221. The van der Waals surface area contributed by atoms with Crippen LogP contribution in [-0.2, 0) is 6.54 Å². The highest BCUT2D eigenvalue weighted by Crippen LogP contribution is 2.41. The van der Waals surface area contributed by atoms with E-state index in [4.69, 9.17) is 10.5 Å². The first kappa shape index (κ1) is 13.7. The van der Waals surface area contributed by atoms with Gasteiger partial charge in [-0.1, -0.05) is 18.2 Å². The Morgan fingerprint density at radius 3 is 2.62 bits per heavy atom. The molecule has 2 aromatic rings. The van der Waals surface area contributed by atoms with Crippen LogP contribution in [0, 0.1) is 5.82 Å². The molecule has 0 aromatic heterocycles. The number of nitrogens with two attached hydrogens (primary N) is 1. The third-order valence-corrected chi connectivity index (χ3v) is 3.59. The highest BCUT2D eigenvalue weighted by molar-refractivity contribution is 5.76. The standard InChI is InChI=1S/C17H19FN2O/c1-17(2)11-20(10-12-6-8-13(18)9-7-12)16-14(19)4-3-5-15(16)21-17/h3-9H,10-11,19H2,1-2H3. The van der Waals surface area contributed by atoms with Crippen molar-refractivity contribution in [2.24, 2.45) is 0 Å². The first-order chi connectivity index (χ1) is 9.94.